The van der Waals surface area contributed by atoms with Gasteiger partial charge in [-0.1, -0.05) is 83.5 Å². The summed E-state index contributed by atoms with van der Waals surface area (Å²) in [6, 6.07) is 0. The molecule has 1 unspecified atom stereocenters. The van der Waals surface area contributed by atoms with Crippen molar-refractivity contribution in [3.63, 3.8) is 0 Å². The van der Waals surface area contributed by atoms with E-state index in [9.17, 15) is 30.3 Å². The molecule has 2 heterocycles. The van der Waals surface area contributed by atoms with Gasteiger partial charge in [0.25, 0.3) is 0 Å². The maximum atomic E-state index is 12.1. The van der Waals surface area contributed by atoms with Crippen LogP contribution in [0.15, 0.2) is 0 Å². The molecule has 290 valence electrons. The molecule has 2 aliphatic rings. The molecule has 6 N–H and O–H groups in total. The smallest absolute Gasteiger partial charge is 0.220 e. The van der Waals surface area contributed by atoms with Crippen LogP contribution in [0.5, 0.6) is 0 Å². The number of nitrogens with one attached hydrogen (secondary N) is 1. The van der Waals surface area contributed by atoms with E-state index in [1.807, 2.05) is 11.8 Å². The average molecular weight is 740 g/mol. The Kier molecular flexibility index (Phi) is 26.0. The van der Waals surface area contributed by atoms with Crippen molar-refractivity contribution in [2.24, 2.45) is 0 Å². The lowest BCUT2D eigenvalue weighted by Crippen LogP contribution is -2.62. The van der Waals surface area contributed by atoms with E-state index in [1.165, 1.54) is 70.6 Å². The van der Waals surface area contributed by atoms with Crippen molar-refractivity contribution in [1.29, 1.82) is 0 Å². The highest BCUT2D eigenvalue weighted by molar-refractivity contribution is 7.99. The highest BCUT2D eigenvalue weighted by atomic mass is 32.2. The molecular weight excluding hydrogens is 671 g/mol. The minimum Gasteiger partial charge on any atom is -0.394 e. The molecule has 2 fully saturated rings. The molecule has 0 spiro atoms. The molecule has 1 amide bonds. The molecule has 0 aromatic carbocycles. The van der Waals surface area contributed by atoms with Crippen LogP contribution in [-0.2, 0) is 23.7 Å². The number of hydrogen-bond donors (Lipinski definition) is 7. The third-order valence-corrected chi connectivity index (χ3v) is 10.8. The van der Waals surface area contributed by atoms with E-state index in [0.717, 1.165) is 55.8 Å². The molecule has 13 heteroatoms. The first-order chi connectivity index (χ1) is 23.8. The van der Waals surface area contributed by atoms with Crippen LogP contribution in [-0.4, -0.2) is 124 Å². The van der Waals surface area contributed by atoms with Crippen molar-refractivity contribution in [2.75, 3.05) is 37.0 Å². The lowest BCUT2D eigenvalue weighted by atomic mass is 9.98. The Bertz CT molecular complexity index is 818. The summed E-state index contributed by atoms with van der Waals surface area (Å²) in [7, 11) is 0. The molecule has 0 aromatic rings. The summed E-state index contributed by atoms with van der Waals surface area (Å²) in [5.41, 5.74) is 0. The zero-order valence-corrected chi connectivity index (χ0v) is 31.7. The van der Waals surface area contributed by atoms with Crippen molar-refractivity contribution >= 4 is 30.3 Å². The Balaban J connectivity index is 1.41. The fourth-order valence-electron chi connectivity index (χ4n) is 6.23. The number of aliphatic hydroxyl groups excluding tert-OH is 5. The lowest BCUT2D eigenvalue weighted by molar-refractivity contribution is -0.348. The number of ether oxygens (including phenoxy) is 4. The van der Waals surface area contributed by atoms with Crippen molar-refractivity contribution < 1.29 is 49.3 Å². The largest absolute Gasteiger partial charge is 0.394 e. The van der Waals surface area contributed by atoms with Gasteiger partial charge in [0.1, 0.15) is 30.5 Å². The lowest BCUT2D eigenvalue weighted by Gasteiger charge is -2.44. The minimum absolute atomic E-state index is 0.0399. The van der Waals surface area contributed by atoms with Crippen LogP contribution in [0.25, 0.3) is 0 Å². The van der Waals surface area contributed by atoms with Gasteiger partial charge >= 0.3 is 0 Å². The van der Waals surface area contributed by atoms with Gasteiger partial charge in [-0.15, -0.1) is 0 Å². The number of hydrogen-bond acceptors (Lipinski definition) is 12. The van der Waals surface area contributed by atoms with Crippen molar-refractivity contribution in [2.45, 2.75) is 184 Å². The van der Waals surface area contributed by atoms with E-state index in [-0.39, 0.29) is 12.3 Å². The number of aliphatic hydroxyl groups is 5. The summed E-state index contributed by atoms with van der Waals surface area (Å²) in [5, 5.41) is 54.3. The second-order valence-corrected chi connectivity index (χ2v) is 15.4. The summed E-state index contributed by atoms with van der Waals surface area (Å²) in [5.74, 6) is 3.11. The molecule has 0 saturated carbocycles. The Labute approximate surface area is 305 Å². The average Bonchev–Trinajstić information content (AvgIpc) is 3.08. The van der Waals surface area contributed by atoms with Gasteiger partial charge in [0.05, 0.1) is 18.8 Å². The predicted octanol–water partition coefficient (Wildman–Crippen LogP) is 4.48. The van der Waals surface area contributed by atoms with Crippen LogP contribution in [0.2, 0.25) is 0 Å². The van der Waals surface area contributed by atoms with Crippen LogP contribution >= 0.6 is 24.4 Å². The van der Waals surface area contributed by atoms with Gasteiger partial charge in [-0.05, 0) is 44.1 Å². The van der Waals surface area contributed by atoms with Crippen molar-refractivity contribution in [1.82, 2.24) is 5.32 Å². The quantitative estimate of drug-likeness (QED) is 0.0427. The zero-order chi connectivity index (χ0) is 35.7. The zero-order valence-electron chi connectivity index (χ0n) is 30.0. The van der Waals surface area contributed by atoms with Gasteiger partial charge in [0.2, 0.25) is 5.91 Å². The highest BCUT2D eigenvalue weighted by Crippen LogP contribution is 2.29. The maximum absolute atomic E-state index is 12.1. The van der Waals surface area contributed by atoms with Crippen LogP contribution in [0.3, 0.4) is 0 Å². The molecule has 49 heavy (non-hydrogen) atoms. The van der Waals surface area contributed by atoms with Gasteiger partial charge in [-0.2, -0.15) is 24.4 Å². The fraction of sp³-hybridized carbons (Fsp3) is 0.972. The Morgan fingerprint density at radius 3 is 1.98 bits per heavy atom. The first kappa shape index (κ1) is 45.0. The number of carbonyl (C=O) groups is 1. The normalized spacial score (nSPS) is 28.9. The monoisotopic (exact) mass is 739 g/mol. The maximum Gasteiger partial charge on any atom is 0.220 e. The SMILES string of the molecule is C[C@H]1OC(O[C@@H]2[C@@H](O)[C@H](CO)O[C@@H](OCCCCCCSCCNC(=O)CCCCCCCCCCCCCCCS)[C@@H]2O)[C@@H](O)C[C@@H]1O. The minimum atomic E-state index is -1.37. The van der Waals surface area contributed by atoms with Crippen molar-refractivity contribution in [3.05, 3.63) is 0 Å². The van der Waals surface area contributed by atoms with E-state index < -0.39 is 61.9 Å². The summed E-state index contributed by atoms with van der Waals surface area (Å²) < 4.78 is 22.6. The van der Waals surface area contributed by atoms with Gasteiger partial charge < -0.3 is 49.8 Å². The molecule has 11 nitrogen and oxygen atoms in total. The molecule has 0 bridgehead atoms. The van der Waals surface area contributed by atoms with Gasteiger partial charge in [-0.25, -0.2) is 0 Å². The molecule has 2 saturated heterocycles. The Morgan fingerprint density at radius 1 is 0.755 bits per heavy atom. The fourth-order valence-corrected chi connectivity index (χ4v) is 7.31. The van der Waals surface area contributed by atoms with E-state index in [4.69, 9.17) is 18.9 Å². The summed E-state index contributed by atoms with van der Waals surface area (Å²) in [6.07, 6.45) is 11.3. The Hall–Kier alpha value is -0.190. The molecular formula is C36H69NO10S2. The topological polar surface area (TPSA) is 167 Å². The standard InChI is InChI=1S/C36H69NO10S2/c1-27-28(39)25-29(40)35(45-27)47-34-32(42)30(26-38)46-36(33(34)43)44-21-16-12-14-18-23-49-24-20-37-31(41)19-15-11-9-7-5-3-2-4-6-8-10-13-17-22-48/h27-30,32-36,38-40,42-43,48H,2-26H2,1H3,(H,37,41)/t27-,28+,29+,30+,32+,33-,34-,35?,36-/m1/s1. The van der Waals surface area contributed by atoms with Crippen LogP contribution < -0.4 is 5.32 Å². The van der Waals surface area contributed by atoms with Crippen LogP contribution in [0, 0.1) is 0 Å². The van der Waals surface area contributed by atoms with Gasteiger partial charge in [-0.3, -0.25) is 4.79 Å². The number of thioether (sulfide) groups is 1. The second-order valence-electron chi connectivity index (χ2n) is 13.7. The first-order valence-corrected chi connectivity index (χ1v) is 20.9. The number of rotatable bonds is 29. The summed E-state index contributed by atoms with van der Waals surface area (Å²) >= 11 is 6.10. The van der Waals surface area contributed by atoms with E-state index >= 15 is 0 Å². The van der Waals surface area contributed by atoms with E-state index in [1.54, 1.807) is 6.92 Å². The highest BCUT2D eigenvalue weighted by Gasteiger charge is 2.48. The second kappa shape index (κ2) is 28.3. The third kappa shape index (κ3) is 19.5. The third-order valence-electron chi connectivity index (χ3n) is 9.40. The predicted molar refractivity (Wildman–Crippen MR) is 197 cm³/mol. The molecule has 9 atom stereocenters. The first-order valence-electron chi connectivity index (χ1n) is 19.1. The van der Waals surface area contributed by atoms with Gasteiger partial charge in [0, 0.05) is 31.7 Å². The molecule has 2 aliphatic heterocycles. The molecule has 0 aromatic heterocycles. The molecule has 0 aliphatic carbocycles. The van der Waals surface area contributed by atoms with Gasteiger partial charge in [0.15, 0.2) is 12.6 Å². The van der Waals surface area contributed by atoms with Crippen molar-refractivity contribution in [3.8, 4) is 0 Å². The number of carbonyl (C=O) groups excluding carboxylic acids is 1. The van der Waals surface area contributed by atoms with E-state index in [2.05, 4.69) is 17.9 Å². The molecule has 2 rings (SSSR count). The number of amides is 1. The van der Waals surface area contributed by atoms with Crippen LogP contribution in [0.4, 0.5) is 0 Å². The Morgan fingerprint density at radius 2 is 1.35 bits per heavy atom. The summed E-state index contributed by atoms with van der Waals surface area (Å²) in [6.45, 7) is 2.17. The number of thiol groups is 1. The number of unbranched alkanes of at least 4 members (excludes halogenated alkanes) is 15. The molecule has 0 radical (unpaired) electrons. The summed E-state index contributed by atoms with van der Waals surface area (Å²) in [4.78, 5) is 12.1. The van der Waals surface area contributed by atoms with E-state index in [0.29, 0.717) is 19.6 Å². The van der Waals surface area contributed by atoms with Crippen LogP contribution in [0.1, 0.15) is 129 Å².